The van der Waals surface area contributed by atoms with Gasteiger partial charge in [-0.2, -0.15) is 5.06 Å². The Morgan fingerprint density at radius 3 is 2.46 bits per heavy atom. The maximum Gasteiger partial charge on any atom is 0.340 e. The van der Waals surface area contributed by atoms with E-state index in [0.29, 0.717) is 0 Å². The Balaban J connectivity index is 2.93. The highest BCUT2D eigenvalue weighted by atomic mass is 31.2. The number of hydrogen-bond acceptors (Lipinski definition) is 5. The Morgan fingerprint density at radius 2 is 2.15 bits per heavy atom. The molecule has 1 rings (SSSR count). The predicted octanol–water partition coefficient (Wildman–Crippen LogP) is -0.665. The molecule has 1 fully saturated rings. The van der Waals surface area contributed by atoms with Gasteiger partial charge in [0.05, 0.1) is 6.42 Å². The molecule has 0 aliphatic carbocycles. The molecular weight excluding hydrogens is 201 g/mol. The summed E-state index contributed by atoms with van der Waals surface area (Å²) in [6, 6.07) is 0. The highest BCUT2D eigenvalue weighted by Crippen LogP contribution is 2.50. The topological polar surface area (TPSA) is 104 Å². The Hall–Kier alpha value is -0.750. The maximum atomic E-state index is 11.1. The van der Waals surface area contributed by atoms with Crippen LogP contribution in [0.15, 0.2) is 0 Å². The van der Waals surface area contributed by atoms with Gasteiger partial charge in [-0.15, -0.1) is 0 Å². The van der Waals surface area contributed by atoms with E-state index in [-0.39, 0.29) is 5.06 Å². The van der Waals surface area contributed by atoms with Crippen molar-refractivity contribution in [3.63, 3.8) is 0 Å². The number of rotatable bonds is 2. The fourth-order valence-electron chi connectivity index (χ4n) is 0.985. The minimum atomic E-state index is -4.12. The average molecular weight is 209 g/mol. The van der Waals surface area contributed by atoms with Gasteiger partial charge in [0.15, 0.2) is 5.66 Å². The van der Waals surface area contributed by atoms with Gasteiger partial charge in [0, 0.05) is 7.11 Å². The molecule has 1 heterocycles. The highest BCUT2D eigenvalue weighted by Gasteiger charge is 2.49. The SMILES string of the molecule is COP(=O)(O)C1CC(=O)N(O)C1=O. The van der Waals surface area contributed by atoms with E-state index in [2.05, 4.69) is 4.52 Å². The zero-order valence-corrected chi connectivity index (χ0v) is 7.60. The van der Waals surface area contributed by atoms with Gasteiger partial charge in [-0.25, -0.2) is 0 Å². The number of hydroxylamine groups is 2. The second-order valence-electron chi connectivity index (χ2n) is 2.51. The standard InChI is InChI=1S/C5H8NO6P/c1-12-13(10,11)3-2-4(7)6(9)5(3)8/h3,9H,2H2,1H3,(H,10,11). The van der Waals surface area contributed by atoms with Crippen molar-refractivity contribution in [2.45, 2.75) is 12.1 Å². The van der Waals surface area contributed by atoms with Gasteiger partial charge in [0.25, 0.3) is 11.8 Å². The summed E-state index contributed by atoms with van der Waals surface area (Å²) in [4.78, 5) is 30.7. The molecule has 2 N–H and O–H groups in total. The van der Waals surface area contributed by atoms with Gasteiger partial charge in [0.2, 0.25) is 0 Å². The van der Waals surface area contributed by atoms with Crippen molar-refractivity contribution in [3.8, 4) is 0 Å². The third kappa shape index (κ3) is 1.64. The van der Waals surface area contributed by atoms with Gasteiger partial charge in [-0.3, -0.25) is 19.4 Å². The molecule has 0 aromatic heterocycles. The van der Waals surface area contributed by atoms with Gasteiger partial charge >= 0.3 is 7.60 Å². The fourth-order valence-corrected chi connectivity index (χ4v) is 2.02. The second-order valence-corrected chi connectivity index (χ2v) is 4.63. The van der Waals surface area contributed by atoms with Crippen LogP contribution in [0.4, 0.5) is 0 Å². The van der Waals surface area contributed by atoms with Crippen molar-refractivity contribution in [1.82, 2.24) is 5.06 Å². The van der Waals surface area contributed by atoms with Crippen LogP contribution in [0.2, 0.25) is 0 Å². The average Bonchev–Trinajstić information content (AvgIpc) is 2.33. The first kappa shape index (κ1) is 10.3. The monoisotopic (exact) mass is 209 g/mol. The predicted molar refractivity (Wildman–Crippen MR) is 38.9 cm³/mol. The van der Waals surface area contributed by atoms with Crippen LogP contribution in [0.1, 0.15) is 6.42 Å². The third-order valence-corrected chi connectivity index (χ3v) is 3.47. The lowest BCUT2D eigenvalue weighted by atomic mass is 10.4. The summed E-state index contributed by atoms with van der Waals surface area (Å²) in [6.07, 6.45) is -0.503. The quantitative estimate of drug-likeness (QED) is 0.355. The van der Waals surface area contributed by atoms with Crippen molar-refractivity contribution < 1.29 is 28.8 Å². The Morgan fingerprint density at radius 1 is 1.62 bits per heavy atom. The molecule has 2 unspecified atom stereocenters. The van der Waals surface area contributed by atoms with E-state index in [4.69, 9.17) is 10.1 Å². The molecule has 2 atom stereocenters. The Labute approximate surface area is 73.4 Å². The molecule has 1 saturated heterocycles. The van der Waals surface area contributed by atoms with Crippen molar-refractivity contribution in [3.05, 3.63) is 0 Å². The molecule has 13 heavy (non-hydrogen) atoms. The van der Waals surface area contributed by atoms with Crippen LogP contribution in [0.25, 0.3) is 0 Å². The van der Waals surface area contributed by atoms with Crippen LogP contribution in [0.5, 0.6) is 0 Å². The molecule has 0 aromatic carbocycles. The number of hydrogen-bond donors (Lipinski definition) is 2. The van der Waals surface area contributed by atoms with Gasteiger partial charge in [0.1, 0.15) is 0 Å². The van der Waals surface area contributed by atoms with E-state index in [1.165, 1.54) is 0 Å². The summed E-state index contributed by atoms with van der Waals surface area (Å²) >= 11 is 0. The van der Waals surface area contributed by atoms with Gasteiger partial charge < -0.3 is 9.42 Å². The zero-order valence-electron chi connectivity index (χ0n) is 6.71. The van der Waals surface area contributed by atoms with E-state index >= 15 is 0 Å². The molecule has 0 radical (unpaired) electrons. The number of nitrogens with zero attached hydrogens (tertiary/aromatic N) is 1. The van der Waals surface area contributed by atoms with E-state index in [9.17, 15) is 14.2 Å². The molecule has 1 aliphatic rings. The first-order valence-corrected chi connectivity index (χ1v) is 4.98. The summed E-state index contributed by atoms with van der Waals surface area (Å²) in [5, 5.41) is 8.58. The molecule has 1 aliphatic heterocycles. The van der Waals surface area contributed by atoms with Gasteiger partial charge in [-0.1, -0.05) is 0 Å². The lowest BCUT2D eigenvalue weighted by molar-refractivity contribution is -0.171. The Kier molecular flexibility index (Phi) is 2.53. The Bertz CT molecular complexity index is 301. The number of carbonyl (C=O) groups excluding carboxylic acids is 2. The van der Waals surface area contributed by atoms with Crippen molar-refractivity contribution in [2.75, 3.05) is 7.11 Å². The molecular formula is C5H8NO6P. The van der Waals surface area contributed by atoms with Crippen LogP contribution >= 0.6 is 7.60 Å². The van der Waals surface area contributed by atoms with E-state index in [1.807, 2.05) is 0 Å². The van der Waals surface area contributed by atoms with Crippen molar-refractivity contribution in [2.24, 2.45) is 0 Å². The van der Waals surface area contributed by atoms with Crippen molar-refractivity contribution >= 4 is 19.4 Å². The molecule has 0 spiro atoms. The van der Waals surface area contributed by atoms with E-state index in [1.54, 1.807) is 0 Å². The second kappa shape index (κ2) is 3.19. The normalized spacial score (nSPS) is 27.9. The number of amides is 2. The maximum absolute atomic E-state index is 11.1. The fraction of sp³-hybridized carbons (Fsp3) is 0.600. The lowest BCUT2D eigenvalue weighted by Crippen LogP contribution is -2.28. The minimum Gasteiger partial charge on any atom is -0.324 e. The van der Waals surface area contributed by atoms with Crippen LogP contribution in [0.3, 0.4) is 0 Å². The molecule has 7 nitrogen and oxygen atoms in total. The molecule has 0 aromatic rings. The molecule has 2 amide bonds. The molecule has 0 bridgehead atoms. The van der Waals surface area contributed by atoms with Crippen LogP contribution in [0, 0.1) is 0 Å². The highest BCUT2D eigenvalue weighted by molar-refractivity contribution is 7.54. The summed E-state index contributed by atoms with van der Waals surface area (Å²) in [7, 11) is -3.17. The molecule has 74 valence electrons. The third-order valence-electron chi connectivity index (χ3n) is 1.75. The van der Waals surface area contributed by atoms with Crippen LogP contribution in [-0.4, -0.2) is 39.7 Å². The lowest BCUT2D eigenvalue weighted by Gasteiger charge is -2.12. The smallest absolute Gasteiger partial charge is 0.324 e. The summed E-state index contributed by atoms with van der Waals surface area (Å²) < 4.78 is 15.3. The number of carbonyl (C=O) groups is 2. The zero-order chi connectivity index (χ0) is 10.2. The number of imide groups is 1. The minimum absolute atomic E-state index is 0.160. The van der Waals surface area contributed by atoms with Crippen LogP contribution in [-0.2, 0) is 18.7 Å². The van der Waals surface area contributed by atoms with Gasteiger partial charge in [-0.05, 0) is 0 Å². The van der Waals surface area contributed by atoms with Crippen LogP contribution < -0.4 is 0 Å². The largest absolute Gasteiger partial charge is 0.340 e. The van der Waals surface area contributed by atoms with E-state index < -0.39 is 31.5 Å². The molecule has 0 saturated carbocycles. The first-order chi connectivity index (χ1) is 5.90. The van der Waals surface area contributed by atoms with E-state index in [0.717, 1.165) is 7.11 Å². The summed E-state index contributed by atoms with van der Waals surface area (Å²) in [6.45, 7) is 0. The summed E-state index contributed by atoms with van der Waals surface area (Å²) in [5.41, 5.74) is -1.48. The molecule has 8 heteroatoms. The van der Waals surface area contributed by atoms with Crippen molar-refractivity contribution in [1.29, 1.82) is 0 Å². The summed E-state index contributed by atoms with van der Waals surface area (Å²) in [5.74, 6) is -2.00. The first-order valence-electron chi connectivity index (χ1n) is 3.34.